The molecule has 30 heavy (non-hydrogen) atoms. The summed E-state index contributed by atoms with van der Waals surface area (Å²) in [4.78, 5) is 4.72. The van der Waals surface area contributed by atoms with Crippen LogP contribution in [-0.2, 0) is 27.2 Å². The van der Waals surface area contributed by atoms with Crippen LogP contribution in [0.25, 0.3) is 16.7 Å². The third-order valence-electron chi connectivity index (χ3n) is 6.16. The Bertz CT molecular complexity index is 1220. The van der Waals surface area contributed by atoms with Crippen molar-refractivity contribution in [2.45, 2.75) is 20.0 Å². The van der Waals surface area contributed by atoms with E-state index in [9.17, 15) is 0 Å². The van der Waals surface area contributed by atoms with E-state index in [0.717, 1.165) is 16.7 Å². The van der Waals surface area contributed by atoms with Gasteiger partial charge in [-0.15, -0.1) is 6.07 Å². The van der Waals surface area contributed by atoms with E-state index in [2.05, 4.69) is 109 Å². The van der Waals surface area contributed by atoms with Gasteiger partial charge in [-0.25, -0.2) is 0 Å². The largest absolute Gasteiger partial charge is 0.402 e. The van der Waals surface area contributed by atoms with Crippen LogP contribution in [0.4, 0.5) is 11.4 Å². The summed E-state index contributed by atoms with van der Waals surface area (Å²) in [5.41, 5.74) is 9.71. The first kappa shape index (κ1) is 20.6. The van der Waals surface area contributed by atoms with Gasteiger partial charge < -0.3 is 18.9 Å². The van der Waals surface area contributed by atoms with Crippen molar-refractivity contribution >= 4 is 22.4 Å². The molecule has 0 spiro atoms. The number of fused-ring (bicyclic) bond motifs is 2. The summed E-state index contributed by atoms with van der Waals surface area (Å²) < 4.78 is 4.13. The first-order valence-electron chi connectivity index (χ1n) is 9.94. The predicted molar refractivity (Wildman–Crippen MR) is 118 cm³/mol. The molecular weight excluding hydrogens is 549 g/mol. The van der Waals surface area contributed by atoms with E-state index in [1.165, 1.54) is 28.1 Å². The molecule has 1 unspecified atom stereocenters. The molecule has 0 bridgehead atoms. The Kier molecular flexibility index (Phi) is 5.21. The van der Waals surface area contributed by atoms with E-state index in [1.807, 2.05) is 11.6 Å². The molecule has 3 aromatic carbocycles. The molecule has 1 atom stereocenters. The minimum atomic E-state index is 0. The number of benzene rings is 3. The number of aromatic nitrogens is 2. The summed E-state index contributed by atoms with van der Waals surface area (Å²) in [5, 5.41) is 0. The zero-order chi connectivity index (χ0) is 20.3. The fourth-order valence-corrected chi connectivity index (χ4v) is 4.68. The van der Waals surface area contributed by atoms with Gasteiger partial charge >= 0.3 is 0 Å². The average Bonchev–Trinajstić information content (AvgIpc) is 3.18. The normalized spacial score (nSPS) is 15.4. The molecule has 1 aliphatic rings. The van der Waals surface area contributed by atoms with Crippen molar-refractivity contribution in [3.05, 3.63) is 83.7 Å². The molecule has 0 amide bonds. The predicted octanol–water partition coefficient (Wildman–Crippen LogP) is 4.25. The van der Waals surface area contributed by atoms with Crippen LogP contribution in [0.2, 0.25) is 0 Å². The number of imidazole rings is 1. The fraction of sp³-hybridized carbons (Fsp3) is 0.240. The molecule has 1 aliphatic heterocycles. The summed E-state index contributed by atoms with van der Waals surface area (Å²) >= 11 is 0. The maximum atomic E-state index is 3.49. The summed E-state index contributed by atoms with van der Waals surface area (Å²) in [6.07, 6.45) is 3.59. The third-order valence-corrected chi connectivity index (χ3v) is 6.16. The fourth-order valence-electron chi connectivity index (χ4n) is 4.68. The van der Waals surface area contributed by atoms with Gasteiger partial charge in [-0.3, -0.25) is 0 Å². The van der Waals surface area contributed by atoms with E-state index in [0.29, 0.717) is 0 Å². The zero-order valence-electron chi connectivity index (χ0n) is 17.9. The van der Waals surface area contributed by atoms with E-state index in [4.69, 9.17) is 0 Å². The van der Waals surface area contributed by atoms with Crippen molar-refractivity contribution in [2.75, 3.05) is 23.9 Å². The average molecular weight is 574 g/mol. The van der Waals surface area contributed by atoms with E-state index < -0.39 is 0 Å². The number of nitrogens with zero attached hydrogens (tertiary/aromatic N) is 4. The smallest absolute Gasteiger partial charge is 0.242 e. The Morgan fingerprint density at radius 3 is 2.30 bits per heavy atom. The standard InChI is InChI=1S/C25H25N4.Ir/c1-17-9-8-10-18(2)24(17)25-27(4)21-14-13-19(15-23(21)28(25)5)29-16-26(3)20-11-6-7-12-22(20)29;/h6-12,14-15,25H,1-5H3;/q-1;. The number of para-hydroxylation sites is 2. The Morgan fingerprint density at radius 2 is 1.57 bits per heavy atom. The molecule has 0 N–H and O–H groups in total. The van der Waals surface area contributed by atoms with Crippen LogP contribution in [0.5, 0.6) is 0 Å². The van der Waals surface area contributed by atoms with Crippen molar-refractivity contribution < 1.29 is 24.7 Å². The number of aryl methyl sites for hydroxylation is 3. The number of anilines is 2. The van der Waals surface area contributed by atoms with Crippen LogP contribution in [-0.4, -0.2) is 18.7 Å². The molecule has 1 radical (unpaired) electrons. The molecule has 0 aliphatic carbocycles. The molecule has 4 nitrogen and oxygen atoms in total. The van der Waals surface area contributed by atoms with Crippen molar-refractivity contribution in [2.24, 2.45) is 7.05 Å². The Hall–Kier alpha value is -2.62. The van der Waals surface area contributed by atoms with Gasteiger partial charge in [0.15, 0.2) is 0 Å². The maximum Gasteiger partial charge on any atom is 0.242 e. The minimum Gasteiger partial charge on any atom is -0.402 e. The second kappa shape index (κ2) is 7.57. The van der Waals surface area contributed by atoms with Crippen LogP contribution in [0.1, 0.15) is 22.9 Å². The summed E-state index contributed by atoms with van der Waals surface area (Å²) in [5.74, 6) is 0. The van der Waals surface area contributed by atoms with Crippen molar-refractivity contribution in [3.8, 4) is 5.69 Å². The van der Waals surface area contributed by atoms with E-state index in [-0.39, 0.29) is 26.3 Å². The molecule has 0 saturated carbocycles. The Morgan fingerprint density at radius 1 is 0.900 bits per heavy atom. The molecule has 5 heteroatoms. The SMILES string of the molecule is Cc1cccc(C)c1C1N(C)c2c[c-]c(-n3[c-][n+](C)c4ccccc43)cc2N1C.[Ir]. The third kappa shape index (κ3) is 2.96. The molecule has 155 valence electrons. The second-order valence-electron chi connectivity index (χ2n) is 7.97. The van der Waals surface area contributed by atoms with Crippen LogP contribution >= 0.6 is 0 Å². The zero-order valence-corrected chi connectivity index (χ0v) is 20.3. The maximum absolute atomic E-state index is 3.49. The molecular formula is C25H25IrN4-. The van der Waals surface area contributed by atoms with Crippen molar-refractivity contribution in [1.82, 2.24) is 4.57 Å². The van der Waals surface area contributed by atoms with Crippen LogP contribution < -0.4 is 14.4 Å². The Balaban J connectivity index is 0.00000218. The molecule has 5 rings (SSSR count). The number of hydrogen-bond donors (Lipinski definition) is 0. The van der Waals surface area contributed by atoms with Crippen molar-refractivity contribution in [1.29, 1.82) is 0 Å². The molecule has 4 aromatic rings. The van der Waals surface area contributed by atoms with Gasteiger partial charge in [-0.2, -0.15) is 12.1 Å². The van der Waals surface area contributed by atoms with E-state index in [1.54, 1.807) is 0 Å². The van der Waals surface area contributed by atoms with Gasteiger partial charge in [0, 0.05) is 27.2 Å². The van der Waals surface area contributed by atoms with Crippen LogP contribution in [0, 0.1) is 26.2 Å². The van der Waals surface area contributed by atoms with Gasteiger partial charge in [0.1, 0.15) is 6.17 Å². The van der Waals surface area contributed by atoms with Gasteiger partial charge in [0.25, 0.3) is 0 Å². The minimum absolute atomic E-state index is 0. The van der Waals surface area contributed by atoms with Gasteiger partial charge in [-0.1, -0.05) is 59.5 Å². The first-order valence-corrected chi connectivity index (χ1v) is 9.94. The van der Waals surface area contributed by atoms with Crippen LogP contribution in [0.15, 0.2) is 54.6 Å². The second-order valence-corrected chi connectivity index (χ2v) is 7.97. The van der Waals surface area contributed by atoms with Crippen LogP contribution in [0.3, 0.4) is 0 Å². The molecule has 1 aromatic heterocycles. The van der Waals surface area contributed by atoms with Gasteiger partial charge in [-0.05, 0) is 37.6 Å². The number of rotatable bonds is 2. The summed E-state index contributed by atoms with van der Waals surface area (Å²) in [7, 11) is 6.38. The first-order chi connectivity index (χ1) is 14.0. The van der Waals surface area contributed by atoms with Crippen molar-refractivity contribution in [3.63, 3.8) is 0 Å². The topological polar surface area (TPSA) is 15.3 Å². The quantitative estimate of drug-likeness (QED) is 0.263. The molecule has 0 saturated heterocycles. The monoisotopic (exact) mass is 574 g/mol. The summed E-state index contributed by atoms with van der Waals surface area (Å²) in [6, 6.07) is 22.7. The Labute approximate surface area is 191 Å². The van der Waals surface area contributed by atoms with Gasteiger partial charge in [0.2, 0.25) is 6.33 Å². The molecule has 0 fully saturated rings. The summed E-state index contributed by atoms with van der Waals surface area (Å²) in [6.45, 7) is 4.40. The number of hydrogen-bond acceptors (Lipinski definition) is 2. The van der Waals surface area contributed by atoms with E-state index >= 15 is 0 Å². The molecule has 2 heterocycles. The van der Waals surface area contributed by atoms with Gasteiger partial charge in [0.05, 0.1) is 18.1 Å².